The number of nitrogens with zero attached hydrogens (tertiary/aromatic N) is 6. The number of nitriles is 2. The van der Waals surface area contributed by atoms with Gasteiger partial charge >= 0.3 is 5.97 Å². The zero-order chi connectivity index (χ0) is 28.8. The zero-order valence-electron chi connectivity index (χ0n) is 22.6. The van der Waals surface area contributed by atoms with Gasteiger partial charge in [-0.15, -0.1) is 0 Å². The molecule has 0 amide bonds. The molecule has 6 aliphatic rings. The maximum absolute atomic E-state index is 12.2. The first kappa shape index (κ1) is 27.7. The van der Waals surface area contributed by atoms with Crippen molar-refractivity contribution in [3.05, 3.63) is 36.2 Å². The summed E-state index contributed by atoms with van der Waals surface area (Å²) < 4.78 is 16.7. The van der Waals surface area contributed by atoms with Gasteiger partial charge in [0.25, 0.3) is 0 Å². The lowest BCUT2D eigenvalue weighted by Crippen LogP contribution is -2.68. The number of carbonyl (C=O) groups excluding carboxylic acids is 2. The normalized spacial score (nSPS) is 30.1. The molecule has 0 spiro atoms. The van der Waals surface area contributed by atoms with Crippen LogP contribution < -0.4 is 9.47 Å². The van der Waals surface area contributed by atoms with E-state index in [4.69, 9.17) is 36.3 Å². The predicted octanol–water partition coefficient (Wildman–Crippen LogP) is 3.90. The lowest BCUT2D eigenvalue weighted by atomic mass is 9.35. The molecule has 0 saturated heterocycles. The summed E-state index contributed by atoms with van der Waals surface area (Å²) in [6.07, 6.45) is 10.5. The lowest BCUT2D eigenvalue weighted by Gasteiger charge is -2.68. The van der Waals surface area contributed by atoms with Gasteiger partial charge in [0.1, 0.15) is 17.7 Å². The quantitative estimate of drug-likeness (QED) is 0.337. The van der Waals surface area contributed by atoms with Gasteiger partial charge < -0.3 is 14.2 Å². The summed E-state index contributed by atoms with van der Waals surface area (Å²) in [5.41, 5.74) is -0.281. The number of hydrogen-bond acceptors (Lipinski definition) is 11. The summed E-state index contributed by atoms with van der Waals surface area (Å²) in [7, 11) is 0. The van der Waals surface area contributed by atoms with Gasteiger partial charge in [0, 0.05) is 16.2 Å². The van der Waals surface area contributed by atoms with Gasteiger partial charge in [0.2, 0.25) is 17.0 Å². The largest absolute Gasteiger partial charge is 0.476 e. The fourth-order valence-electron chi connectivity index (χ4n) is 6.46. The first-order chi connectivity index (χ1) is 18.8. The lowest BCUT2D eigenvalue weighted by molar-refractivity contribution is -0.243. The summed E-state index contributed by atoms with van der Waals surface area (Å²) in [5, 5.41) is 17.0. The summed E-state index contributed by atoms with van der Waals surface area (Å²) in [4.78, 5) is 39.1. The van der Waals surface area contributed by atoms with E-state index in [0.29, 0.717) is 25.0 Å². The molecule has 12 heteroatoms. The molecular formula is C28H29ClN6O5. The second-order valence-electron chi connectivity index (χ2n) is 12.7. The smallest absolute Gasteiger partial charge is 0.312 e. The Hall–Kier alpha value is -3.83. The highest BCUT2D eigenvalue weighted by Gasteiger charge is 2.73. The minimum Gasteiger partial charge on any atom is -0.476 e. The van der Waals surface area contributed by atoms with Crippen LogP contribution in [0, 0.1) is 44.3 Å². The number of carbonyl (C=O) groups is 2. The summed E-state index contributed by atoms with van der Waals surface area (Å²) in [6, 6.07) is 3.80. The van der Waals surface area contributed by atoms with Crippen molar-refractivity contribution in [3.8, 4) is 23.9 Å². The molecule has 6 fully saturated rings. The van der Waals surface area contributed by atoms with Crippen LogP contribution in [0.1, 0.15) is 70.7 Å². The van der Waals surface area contributed by atoms with Crippen molar-refractivity contribution in [1.29, 1.82) is 10.5 Å². The van der Waals surface area contributed by atoms with Crippen LogP contribution in [0.5, 0.6) is 11.8 Å². The number of halogens is 1. The van der Waals surface area contributed by atoms with Crippen LogP contribution in [0.25, 0.3) is 0 Å². The maximum atomic E-state index is 12.2. The van der Waals surface area contributed by atoms with E-state index < -0.39 is 5.60 Å². The molecule has 0 unspecified atom stereocenters. The van der Waals surface area contributed by atoms with E-state index in [9.17, 15) is 9.59 Å². The number of esters is 1. The highest BCUT2D eigenvalue weighted by atomic mass is 35.5. The van der Waals surface area contributed by atoms with Crippen molar-refractivity contribution < 1.29 is 23.8 Å². The number of ether oxygens (including phenoxy) is 3. The molecule has 0 aliphatic heterocycles. The SMILES string of the molecule is CC(C)(C)OC(=O)C12CC(COc3cnc(C#N)cn3)(C1)C2.N#Cc1cnc(OCC23CC(C(=O)Cl)(C2)C3)cn1. The molecule has 11 nitrogen and oxygen atoms in total. The van der Waals surface area contributed by atoms with Crippen molar-refractivity contribution in [2.75, 3.05) is 13.2 Å². The third-order valence-corrected chi connectivity index (χ3v) is 8.47. The topological polar surface area (TPSA) is 161 Å². The van der Waals surface area contributed by atoms with Gasteiger partial charge in [-0.05, 0) is 70.9 Å². The third-order valence-electron chi connectivity index (χ3n) is 8.07. The van der Waals surface area contributed by atoms with Crippen LogP contribution in [-0.4, -0.2) is 50.0 Å². The second-order valence-corrected chi connectivity index (χ2v) is 13.0. The number of rotatable bonds is 8. The average Bonchev–Trinajstić information content (AvgIpc) is 2.80. The molecule has 0 atom stereocenters. The Bertz CT molecular complexity index is 1370. The summed E-state index contributed by atoms with van der Waals surface area (Å²) in [6.45, 7) is 6.72. The van der Waals surface area contributed by atoms with Crippen molar-refractivity contribution in [2.24, 2.45) is 21.7 Å². The summed E-state index contributed by atoms with van der Waals surface area (Å²) >= 11 is 5.54. The first-order valence-corrected chi connectivity index (χ1v) is 13.3. The zero-order valence-corrected chi connectivity index (χ0v) is 23.3. The molecule has 6 saturated carbocycles. The monoisotopic (exact) mass is 564 g/mol. The molecule has 2 heterocycles. The molecule has 6 aliphatic carbocycles. The van der Waals surface area contributed by atoms with E-state index in [-0.39, 0.29) is 44.3 Å². The fraction of sp³-hybridized carbons (Fsp3) is 0.571. The van der Waals surface area contributed by atoms with Gasteiger partial charge in [-0.25, -0.2) is 19.9 Å². The number of aromatic nitrogens is 4. The van der Waals surface area contributed by atoms with Crippen LogP contribution in [0.2, 0.25) is 0 Å². The van der Waals surface area contributed by atoms with E-state index >= 15 is 0 Å². The van der Waals surface area contributed by atoms with E-state index in [0.717, 1.165) is 38.5 Å². The van der Waals surface area contributed by atoms with Crippen LogP contribution in [0.15, 0.2) is 24.8 Å². The van der Waals surface area contributed by atoms with E-state index in [1.165, 1.54) is 24.8 Å². The number of hydrogen-bond donors (Lipinski definition) is 0. The van der Waals surface area contributed by atoms with Gasteiger partial charge in [0.15, 0.2) is 11.4 Å². The Morgan fingerprint density at radius 2 is 1.23 bits per heavy atom. The minimum absolute atomic E-state index is 0.0759. The molecule has 0 radical (unpaired) electrons. The van der Waals surface area contributed by atoms with Crippen molar-refractivity contribution in [3.63, 3.8) is 0 Å². The van der Waals surface area contributed by atoms with E-state index in [1.54, 1.807) is 0 Å². The van der Waals surface area contributed by atoms with Crippen LogP contribution in [-0.2, 0) is 14.3 Å². The highest BCUT2D eigenvalue weighted by Crippen LogP contribution is 2.74. The second kappa shape index (κ2) is 9.67. The van der Waals surface area contributed by atoms with Gasteiger partial charge in [-0.2, -0.15) is 10.5 Å². The molecular weight excluding hydrogens is 536 g/mol. The van der Waals surface area contributed by atoms with Crippen molar-refractivity contribution in [2.45, 2.75) is 64.9 Å². The van der Waals surface area contributed by atoms with Crippen LogP contribution in [0.4, 0.5) is 0 Å². The molecule has 2 aromatic heterocycles. The standard InChI is InChI=1S/C16H19N3O3.C12H10ClN3O2/c1-14(2,3)22-13(20)16-7-15(8-16,9-16)10-21-12-6-18-11(4-17)5-19-12;13-10(17)12-4-11(5-12,6-12)7-18-9-3-15-8(1-14)2-16-9/h5-6H,7-10H2,1-3H3;2-3H,4-7H2. The van der Waals surface area contributed by atoms with Gasteiger partial charge in [-0.3, -0.25) is 9.59 Å². The Morgan fingerprint density at radius 3 is 1.55 bits per heavy atom. The van der Waals surface area contributed by atoms with Crippen molar-refractivity contribution >= 4 is 22.8 Å². The first-order valence-electron chi connectivity index (χ1n) is 13.0. The molecule has 0 N–H and O–H groups in total. The molecule has 0 aromatic carbocycles. The Morgan fingerprint density at radius 1 is 0.800 bits per heavy atom. The third kappa shape index (κ3) is 5.18. The highest BCUT2D eigenvalue weighted by molar-refractivity contribution is 6.65. The Kier molecular flexibility index (Phi) is 6.70. The van der Waals surface area contributed by atoms with E-state index in [1.807, 2.05) is 32.9 Å². The molecule has 208 valence electrons. The molecule has 2 aromatic rings. The Balaban J connectivity index is 0.000000164. The van der Waals surface area contributed by atoms with Crippen LogP contribution >= 0.6 is 11.6 Å². The molecule has 40 heavy (non-hydrogen) atoms. The fourth-order valence-corrected chi connectivity index (χ4v) is 6.67. The summed E-state index contributed by atoms with van der Waals surface area (Å²) in [5.74, 6) is 0.736. The maximum Gasteiger partial charge on any atom is 0.312 e. The minimum atomic E-state index is -0.436. The van der Waals surface area contributed by atoms with Gasteiger partial charge in [0.05, 0.1) is 43.4 Å². The molecule has 4 bridgehead atoms. The van der Waals surface area contributed by atoms with Crippen LogP contribution in [0.3, 0.4) is 0 Å². The predicted molar refractivity (Wildman–Crippen MR) is 139 cm³/mol. The molecule has 8 rings (SSSR count). The average molecular weight is 565 g/mol. The van der Waals surface area contributed by atoms with Crippen molar-refractivity contribution in [1.82, 2.24) is 19.9 Å². The Labute approximate surface area is 236 Å². The van der Waals surface area contributed by atoms with Gasteiger partial charge in [-0.1, -0.05) is 0 Å². The van der Waals surface area contributed by atoms with E-state index in [2.05, 4.69) is 19.9 Å².